The third-order valence-electron chi connectivity index (χ3n) is 5.43. The fourth-order valence-corrected chi connectivity index (χ4v) is 4.05. The number of piperidine rings is 1. The number of benzene rings is 1. The zero-order valence-electron chi connectivity index (χ0n) is 14.8. The van der Waals surface area contributed by atoms with Crippen LogP contribution >= 0.6 is 11.6 Å². The number of nitrogens with one attached hydrogen (secondary N) is 1. The van der Waals surface area contributed by atoms with E-state index in [1.165, 1.54) is 6.42 Å². The zero-order chi connectivity index (χ0) is 17.8. The van der Waals surface area contributed by atoms with Crippen molar-refractivity contribution in [3.05, 3.63) is 34.9 Å². The van der Waals surface area contributed by atoms with Crippen LogP contribution in [0.25, 0.3) is 0 Å². The van der Waals surface area contributed by atoms with Gasteiger partial charge in [0.15, 0.2) is 0 Å². The summed E-state index contributed by atoms with van der Waals surface area (Å²) in [4.78, 5) is 27.0. The van der Waals surface area contributed by atoms with Gasteiger partial charge in [0.2, 0.25) is 11.8 Å². The van der Waals surface area contributed by atoms with Crippen molar-refractivity contribution in [2.45, 2.75) is 51.5 Å². The fourth-order valence-electron chi connectivity index (χ4n) is 3.84. The number of amides is 2. The molecule has 5 heteroatoms. The third kappa shape index (κ3) is 4.55. The molecule has 1 saturated heterocycles. The van der Waals surface area contributed by atoms with E-state index in [2.05, 4.69) is 12.2 Å². The Bertz CT molecular complexity index is 634. The van der Waals surface area contributed by atoms with Gasteiger partial charge in [0.1, 0.15) is 0 Å². The topological polar surface area (TPSA) is 49.4 Å². The molecule has 1 aromatic carbocycles. The van der Waals surface area contributed by atoms with Crippen LogP contribution in [0, 0.1) is 11.8 Å². The van der Waals surface area contributed by atoms with Gasteiger partial charge in [-0.25, -0.2) is 0 Å². The molecule has 3 atom stereocenters. The Morgan fingerprint density at radius 2 is 2.12 bits per heavy atom. The van der Waals surface area contributed by atoms with E-state index in [-0.39, 0.29) is 23.7 Å². The van der Waals surface area contributed by atoms with Gasteiger partial charge in [-0.15, -0.1) is 0 Å². The molecule has 3 rings (SSSR count). The molecule has 1 aliphatic carbocycles. The van der Waals surface area contributed by atoms with Gasteiger partial charge in [0.25, 0.3) is 0 Å². The molecule has 1 saturated carbocycles. The van der Waals surface area contributed by atoms with E-state index in [9.17, 15) is 9.59 Å². The molecular weight excluding hydrogens is 336 g/mol. The Balaban J connectivity index is 1.44. The summed E-state index contributed by atoms with van der Waals surface area (Å²) in [6.45, 7) is 3.58. The van der Waals surface area contributed by atoms with E-state index in [0.717, 1.165) is 37.8 Å². The Kier molecular flexibility index (Phi) is 6.00. The molecule has 3 unspecified atom stereocenters. The van der Waals surface area contributed by atoms with Crippen LogP contribution in [-0.4, -0.2) is 35.8 Å². The van der Waals surface area contributed by atoms with Crippen molar-refractivity contribution >= 4 is 23.4 Å². The Labute approximate surface area is 154 Å². The van der Waals surface area contributed by atoms with Crippen molar-refractivity contribution in [2.24, 2.45) is 11.8 Å². The highest BCUT2D eigenvalue weighted by molar-refractivity contribution is 6.30. The fraction of sp³-hybridized carbons (Fsp3) is 0.600. The average molecular weight is 363 g/mol. The number of hydrogen-bond donors (Lipinski definition) is 1. The lowest BCUT2D eigenvalue weighted by atomic mass is 9.99. The van der Waals surface area contributed by atoms with E-state index in [1.807, 2.05) is 29.2 Å². The molecule has 1 heterocycles. The molecule has 0 aromatic heterocycles. The maximum absolute atomic E-state index is 12.7. The highest BCUT2D eigenvalue weighted by Crippen LogP contribution is 2.41. The van der Waals surface area contributed by atoms with E-state index in [0.29, 0.717) is 24.0 Å². The first-order chi connectivity index (χ1) is 12.1. The minimum absolute atomic E-state index is 0.0189. The minimum Gasteiger partial charge on any atom is -0.356 e. The summed E-state index contributed by atoms with van der Waals surface area (Å²) < 4.78 is 0. The lowest BCUT2D eigenvalue weighted by Gasteiger charge is -2.35. The molecule has 25 heavy (non-hydrogen) atoms. The van der Waals surface area contributed by atoms with Crippen LogP contribution in [0.15, 0.2) is 24.3 Å². The first-order valence-corrected chi connectivity index (χ1v) is 9.80. The van der Waals surface area contributed by atoms with Gasteiger partial charge in [-0.2, -0.15) is 0 Å². The normalized spacial score (nSPS) is 25.5. The second-order valence-corrected chi connectivity index (χ2v) is 7.65. The number of rotatable bonds is 6. The summed E-state index contributed by atoms with van der Waals surface area (Å²) in [5.41, 5.74) is 1.11. The lowest BCUT2D eigenvalue weighted by Crippen LogP contribution is -2.44. The van der Waals surface area contributed by atoms with E-state index < -0.39 is 0 Å². The van der Waals surface area contributed by atoms with Crippen LogP contribution in [0.2, 0.25) is 5.02 Å². The van der Waals surface area contributed by atoms with Crippen LogP contribution in [0.5, 0.6) is 0 Å². The van der Waals surface area contributed by atoms with Gasteiger partial charge >= 0.3 is 0 Å². The van der Waals surface area contributed by atoms with Gasteiger partial charge in [0.05, 0.1) is 11.8 Å². The Hall–Kier alpha value is -1.55. The van der Waals surface area contributed by atoms with Crippen LogP contribution in [0.3, 0.4) is 0 Å². The van der Waals surface area contributed by atoms with Crippen LogP contribution < -0.4 is 5.32 Å². The summed E-state index contributed by atoms with van der Waals surface area (Å²) >= 11 is 5.97. The Morgan fingerprint density at radius 3 is 2.88 bits per heavy atom. The quantitative estimate of drug-likeness (QED) is 0.842. The average Bonchev–Trinajstić information content (AvgIpc) is 3.42. The molecule has 1 aliphatic heterocycles. The maximum Gasteiger partial charge on any atom is 0.226 e. The number of halogens is 1. The van der Waals surface area contributed by atoms with E-state index in [1.54, 1.807) is 0 Å². The summed E-state index contributed by atoms with van der Waals surface area (Å²) in [7, 11) is 0. The number of carbonyl (C=O) groups is 2. The number of carbonyl (C=O) groups excluding carboxylic acids is 2. The van der Waals surface area contributed by atoms with Gasteiger partial charge in [-0.3, -0.25) is 9.59 Å². The summed E-state index contributed by atoms with van der Waals surface area (Å²) in [5.74, 6) is -0.0170. The number of hydrogen-bond acceptors (Lipinski definition) is 2. The molecule has 1 N–H and O–H groups in total. The monoisotopic (exact) mass is 362 g/mol. The number of nitrogens with zero attached hydrogens (tertiary/aromatic N) is 1. The number of likely N-dealkylation sites (tertiary alicyclic amines) is 1. The van der Waals surface area contributed by atoms with Crippen molar-refractivity contribution in [1.29, 1.82) is 0 Å². The summed E-state index contributed by atoms with van der Waals surface area (Å²) in [6.07, 6.45) is 5.86. The highest BCUT2D eigenvalue weighted by atomic mass is 35.5. The molecule has 1 aromatic rings. The molecule has 2 aliphatic rings. The predicted octanol–water partition coefficient (Wildman–Crippen LogP) is 3.43. The second kappa shape index (κ2) is 8.22. The second-order valence-electron chi connectivity index (χ2n) is 7.21. The molecule has 4 nitrogen and oxygen atoms in total. The maximum atomic E-state index is 12.7. The first kappa shape index (κ1) is 18.2. The van der Waals surface area contributed by atoms with E-state index in [4.69, 9.17) is 11.6 Å². The summed E-state index contributed by atoms with van der Waals surface area (Å²) in [5, 5.41) is 3.68. The molecular formula is C20H27ClN2O2. The van der Waals surface area contributed by atoms with Crippen LogP contribution in [0.1, 0.15) is 44.6 Å². The van der Waals surface area contributed by atoms with Gasteiger partial charge in [-0.1, -0.05) is 30.7 Å². The molecule has 2 amide bonds. The summed E-state index contributed by atoms with van der Waals surface area (Å²) in [6, 6.07) is 8.04. The smallest absolute Gasteiger partial charge is 0.226 e. The lowest BCUT2D eigenvalue weighted by molar-refractivity contribution is -0.138. The Morgan fingerprint density at radius 1 is 1.28 bits per heavy atom. The molecule has 0 radical (unpaired) electrons. The van der Waals surface area contributed by atoms with Crippen molar-refractivity contribution in [3.8, 4) is 0 Å². The standard InChI is InChI=1S/C20H27ClN2O2/c1-2-16-8-3-4-11-23(16)20(25)18-13-17(18)19(24)22-10-9-14-6-5-7-15(21)12-14/h5-7,12,16-18H,2-4,8-11,13H2,1H3,(H,22,24). The van der Waals surface area contributed by atoms with Crippen molar-refractivity contribution in [2.75, 3.05) is 13.1 Å². The van der Waals surface area contributed by atoms with Crippen molar-refractivity contribution in [3.63, 3.8) is 0 Å². The van der Waals surface area contributed by atoms with Gasteiger partial charge in [-0.05, 0) is 56.2 Å². The van der Waals surface area contributed by atoms with Crippen molar-refractivity contribution < 1.29 is 9.59 Å². The molecule has 0 bridgehead atoms. The highest BCUT2D eigenvalue weighted by Gasteiger charge is 2.50. The molecule has 2 fully saturated rings. The molecule has 0 spiro atoms. The first-order valence-electron chi connectivity index (χ1n) is 9.42. The van der Waals surface area contributed by atoms with E-state index >= 15 is 0 Å². The van der Waals surface area contributed by atoms with Crippen LogP contribution in [-0.2, 0) is 16.0 Å². The largest absolute Gasteiger partial charge is 0.356 e. The van der Waals surface area contributed by atoms with Crippen molar-refractivity contribution in [1.82, 2.24) is 10.2 Å². The SMILES string of the molecule is CCC1CCCCN1C(=O)C1CC1C(=O)NCCc1cccc(Cl)c1. The zero-order valence-corrected chi connectivity index (χ0v) is 15.6. The van der Waals surface area contributed by atoms with Gasteiger partial charge in [0, 0.05) is 24.2 Å². The third-order valence-corrected chi connectivity index (χ3v) is 5.66. The van der Waals surface area contributed by atoms with Crippen LogP contribution in [0.4, 0.5) is 0 Å². The van der Waals surface area contributed by atoms with Gasteiger partial charge < -0.3 is 10.2 Å². The minimum atomic E-state index is -0.133. The molecule has 136 valence electrons. The predicted molar refractivity (Wildman–Crippen MR) is 99.4 cm³/mol.